The van der Waals surface area contributed by atoms with E-state index in [1.165, 1.54) is 19.2 Å². The molecular formula is C19H16ClN3O6. The summed E-state index contributed by atoms with van der Waals surface area (Å²) in [6.45, 7) is 1.65. The number of nitro groups is 1. The molecule has 3 aromatic rings. The van der Waals surface area contributed by atoms with Crippen LogP contribution in [0.2, 0.25) is 5.02 Å². The van der Waals surface area contributed by atoms with Crippen molar-refractivity contribution < 1.29 is 23.7 Å². The van der Waals surface area contributed by atoms with Gasteiger partial charge in [0.25, 0.3) is 11.6 Å². The van der Waals surface area contributed by atoms with Gasteiger partial charge in [-0.3, -0.25) is 14.9 Å². The van der Waals surface area contributed by atoms with Crippen LogP contribution in [0.25, 0.3) is 0 Å². The van der Waals surface area contributed by atoms with E-state index in [0.29, 0.717) is 22.8 Å². The van der Waals surface area contributed by atoms with Gasteiger partial charge in [-0.1, -0.05) is 28.9 Å². The molecule has 29 heavy (non-hydrogen) atoms. The van der Waals surface area contributed by atoms with Crippen molar-refractivity contribution in [2.45, 2.75) is 13.5 Å². The molecule has 1 heterocycles. The number of rotatable bonds is 7. The summed E-state index contributed by atoms with van der Waals surface area (Å²) in [5, 5.41) is 17.4. The maximum Gasteiger partial charge on any atom is 0.278 e. The van der Waals surface area contributed by atoms with Crippen LogP contribution in [0.1, 0.15) is 21.8 Å². The molecule has 0 spiro atoms. The van der Waals surface area contributed by atoms with Gasteiger partial charge in [-0.25, -0.2) is 0 Å². The predicted molar refractivity (Wildman–Crippen MR) is 105 cm³/mol. The maximum absolute atomic E-state index is 12.7. The Morgan fingerprint density at radius 1 is 1.28 bits per heavy atom. The lowest BCUT2D eigenvalue weighted by Gasteiger charge is -2.10. The summed E-state index contributed by atoms with van der Waals surface area (Å²) in [4.78, 5) is 23.0. The molecule has 10 heteroatoms. The van der Waals surface area contributed by atoms with Crippen LogP contribution in [0.4, 0.5) is 11.4 Å². The van der Waals surface area contributed by atoms with E-state index in [1.807, 2.05) is 0 Å². The normalized spacial score (nSPS) is 10.4. The lowest BCUT2D eigenvalue weighted by Crippen LogP contribution is -2.16. The SMILES string of the molecule is COc1ccccc1OCc1c(C(=O)Nc2cc([N+](=O)[O-])ccc2Cl)noc1C. The van der Waals surface area contributed by atoms with Gasteiger partial charge in [0.2, 0.25) is 0 Å². The number of halogens is 1. The number of anilines is 1. The van der Waals surface area contributed by atoms with Crippen molar-refractivity contribution in [2.75, 3.05) is 12.4 Å². The van der Waals surface area contributed by atoms with Crippen LogP contribution in [0.3, 0.4) is 0 Å². The van der Waals surface area contributed by atoms with Gasteiger partial charge >= 0.3 is 0 Å². The van der Waals surface area contributed by atoms with Crippen molar-refractivity contribution in [3.8, 4) is 11.5 Å². The summed E-state index contributed by atoms with van der Waals surface area (Å²) in [5.41, 5.74) is 0.291. The first kappa shape index (κ1) is 20.2. The van der Waals surface area contributed by atoms with Gasteiger partial charge in [-0.15, -0.1) is 0 Å². The number of aromatic nitrogens is 1. The van der Waals surface area contributed by atoms with E-state index in [1.54, 1.807) is 31.2 Å². The average Bonchev–Trinajstić information content (AvgIpc) is 3.08. The smallest absolute Gasteiger partial charge is 0.278 e. The number of carbonyl (C=O) groups is 1. The Kier molecular flexibility index (Phi) is 5.99. The first-order valence-electron chi connectivity index (χ1n) is 8.37. The summed E-state index contributed by atoms with van der Waals surface area (Å²) in [6.07, 6.45) is 0. The number of nitro benzene ring substituents is 1. The fourth-order valence-corrected chi connectivity index (χ4v) is 2.70. The maximum atomic E-state index is 12.7. The number of ether oxygens (including phenoxy) is 2. The van der Waals surface area contributed by atoms with Crippen molar-refractivity contribution in [1.82, 2.24) is 5.16 Å². The summed E-state index contributed by atoms with van der Waals surface area (Å²) >= 11 is 6.03. The molecule has 0 fully saturated rings. The third-order valence-corrected chi connectivity index (χ3v) is 4.38. The zero-order chi connectivity index (χ0) is 21.0. The van der Waals surface area contributed by atoms with E-state index >= 15 is 0 Å². The van der Waals surface area contributed by atoms with Gasteiger partial charge in [0.05, 0.1) is 28.3 Å². The molecule has 2 aromatic carbocycles. The zero-order valence-corrected chi connectivity index (χ0v) is 16.2. The number of nitrogens with zero attached hydrogens (tertiary/aromatic N) is 2. The third kappa shape index (κ3) is 4.46. The van der Waals surface area contributed by atoms with E-state index in [9.17, 15) is 14.9 Å². The Bertz CT molecular complexity index is 1070. The Balaban J connectivity index is 1.81. The molecule has 0 atom stereocenters. The van der Waals surface area contributed by atoms with Gasteiger partial charge in [0.1, 0.15) is 12.4 Å². The van der Waals surface area contributed by atoms with Gasteiger partial charge in [0, 0.05) is 12.1 Å². The Labute approximate surface area is 170 Å². The largest absolute Gasteiger partial charge is 0.493 e. The molecule has 0 aliphatic rings. The summed E-state index contributed by atoms with van der Waals surface area (Å²) in [7, 11) is 1.52. The molecule has 0 aliphatic carbocycles. The summed E-state index contributed by atoms with van der Waals surface area (Å²) in [5.74, 6) is 0.790. The Morgan fingerprint density at radius 3 is 2.69 bits per heavy atom. The molecular weight excluding hydrogens is 402 g/mol. The molecule has 1 aromatic heterocycles. The minimum absolute atomic E-state index is 0.00112. The van der Waals surface area contributed by atoms with E-state index in [0.717, 1.165) is 6.07 Å². The highest BCUT2D eigenvalue weighted by Crippen LogP contribution is 2.29. The van der Waals surface area contributed by atoms with Crippen LogP contribution in [0.5, 0.6) is 11.5 Å². The summed E-state index contributed by atoms with van der Waals surface area (Å²) < 4.78 is 16.1. The number of carbonyl (C=O) groups excluding carboxylic acids is 1. The number of non-ortho nitro benzene ring substituents is 1. The van der Waals surface area contributed by atoms with Crippen LogP contribution < -0.4 is 14.8 Å². The molecule has 0 radical (unpaired) electrons. The molecule has 0 unspecified atom stereocenters. The summed E-state index contributed by atoms with van der Waals surface area (Å²) in [6, 6.07) is 10.8. The van der Waals surface area contributed by atoms with Gasteiger partial charge in [-0.05, 0) is 25.1 Å². The average molecular weight is 418 g/mol. The Morgan fingerprint density at radius 2 is 2.00 bits per heavy atom. The lowest BCUT2D eigenvalue weighted by molar-refractivity contribution is -0.384. The van der Waals surface area contributed by atoms with Crippen LogP contribution in [-0.4, -0.2) is 23.1 Å². The quantitative estimate of drug-likeness (QED) is 0.447. The van der Waals surface area contributed by atoms with E-state index < -0.39 is 10.8 Å². The minimum atomic E-state index is -0.636. The molecule has 1 N–H and O–H groups in total. The monoisotopic (exact) mass is 417 g/mol. The third-order valence-electron chi connectivity index (χ3n) is 4.05. The van der Waals surface area contributed by atoms with E-state index in [2.05, 4.69) is 10.5 Å². The van der Waals surface area contributed by atoms with Crippen LogP contribution in [-0.2, 0) is 6.61 Å². The molecule has 1 amide bonds. The van der Waals surface area contributed by atoms with Crippen LogP contribution >= 0.6 is 11.6 Å². The number of aryl methyl sites for hydroxylation is 1. The molecule has 0 bridgehead atoms. The van der Waals surface area contributed by atoms with Gasteiger partial charge < -0.3 is 19.3 Å². The van der Waals surface area contributed by atoms with Crippen molar-refractivity contribution in [3.63, 3.8) is 0 Å². The highest BCUT2D eigenvalue weighted by molar-refractivity contribution is 6.34. The highest BCUT2D eigenvalue weighted by atomic mass is 35.5. The number of hydrogen-bond acceptors (Lipinski definition) is 7. The standard InChI is InChI=1S/C19H16ClN3O6/c1-11-13(10-28-17-6-4-3-5-16(17)27-2)18(22-29-11)19(24)21-15-9-12(23(25)26)7-8-14(15)20/h3-9H,10H2,1-2H3,(H,21,24). The number of amides is 1. The minimum Gasteiger partial charge on any atom is -0.493 e. The highest BCUT2D eigenvalue weighted by Gasteiger charge is 2.22. The van der Waals surface area contributed by atoms with Crippen molar-refractivity contribution in [2.24, 2.45) is 0 Å². The van der Waals surface area contributed by atoms with Gasteiger partial charge in [-0.2, -0.15) is 0 Å². The van der Waals surface area contributed by atoms with Crippen molar-refractivity contribution >= 4 is 28.9 Å². The molecule has 0 aliphatic heterocycles. The molecule has 3 rings (SSSR count). The van der Waals surface area contributed by atoms with Crippen molar-refractivity contribution in [3.05, 3.63) is 74.6 Å². The van der Waals surface area contributed by atoms with Crippen molar-refractivity contribution in [1.29, 1.82) is 0 Å². The second-order valence-corrected chi connectivity index (χ2v) is 6.29. The fourth-order valence-electron chi connectivity index (χ4n) is 2.53. The van der Waals surface area contributed by atoms with E-state index in [4.69, 9.17) is 25.6 Å². The van der Waals surface area contributed by atoms with Gasteiger partial charge in [0.15, 0.2) is 17.2 Å². The first-order chi connectivity index (χ1) is 13.9. The number of hydrogen-bond donors (Lipinski definition) is 1. The lowest BCUT2D eigenvalue weighted by atomic mass is 10.2. The molecule has 150 valence electrons. The predicted octanol–water partition coefficient (Wildman–Crippen LogP) is 4.38. The fraction of sp³-hybridized carbons (Fsp3) is 0.158. The number of para-hydroxylation sites is 2. The van der Waals surface area contributed by atoms with Crippen LogP contribution in [0.15, 0.2) is 47.0 Å². The second kappa shape index (κ2) is 8.61. The number of methoxy groups -OCH3 is 1. The van der Waals surface area contributed by atoms with Crippen LogP contribution in [0, 0.1) is 17.0 Å². The molecule has 0 saturated carbocycles. The second-order valence-electron chi connectivity index (χ2n) is 5.88. The first-order valence-corrected chi connectivity index (χ1v) is 8.74. The molecule has 9 nitrogen and oxygen atoms in total. The zero-order valence-electron chi connectivity index (χ0n) is 15.5. The number of nitrogens with one attached hydrogen (secondary N) is 1. The Hall–Kier alpha value is -3.59. The molecule has 0 saturated heterocycles. The number of benzene rings is 2. The van der Waals surface area contributed by atoms with E-state index in [-0.39, 0.29) is 28.7 Å². The topological polar surface area (TPSA) is 117 Å².